The van der Waals surface area contributed by atoms with Crippen molar-refractivity contribution < 1.29 is 4.79 Å². The van der Waals surface area contributed by atoms with Gasteiger partial charge in [0.25, 0.3) is 0 Å². The molecule has 2 N–H and O–H groups in total. The van der Waals surface area contributed by atoms with Crippen molar-refractivity contribution >= 4 is 22.6 Å². The van der Waals surface area contributed by atoms with Crippen molar-refractivity contribution in [2.75, 3.05) is 5.32 Å². The van der Waals surface area contributed by atoms with E-state index in [1.54, 1.807) is 0 Å². The van der Waals surface area contributed by atoms with Crippen LogP contribution in [0.15, 0.2) is 18.2 Å². The van der Waals surface area contributed by atoms with Crippen LogP contribution in [0.5, 0.6) is 0 Å². The van der Waals surface area contributed by atoms with E-state index in [0.29, 0.717) is 5.92 Å². The van der Waals surface area contributed by atoms with Crippen molar-refractivity contribution in [3.63, 3.8) is 0 Å². The number of fused-ring (bicyclic) bond motifs is 1. The third-order valence-electron chi connectivity index (χ3n) is 3.26. The molecule has 4 nitrogen and oxygen atoms in total. The molecule has 0 saturated heterocycles. The van der Waals surface area contributed by atoms with Gasteiger partial charge in [-0.1, -0.05) is 13.8 Å². The van der Waals surface area contributed by atoms with Crippen LogP contribution in [0.1, 0.15) is 38.4 Å². The molecule has 0 radical (unpaired) electrons. The van der Waals surface area contributed by atoms with Crippen LogP contribution < -0.4 is 5.32 Å². The van der Waals surface area contributed by atoms with Crippen LogP contribution >= 0.6 is 0 Å². The first-order valence-corrected chi connectivity index (χ1v) is 6.44. The molecule has 1 heterocycles. The molecule has 18 heavy (non-hydrogen) atoms. The molecule has 1 aliphatic carbocycles. The molecule has 1 aromatic heterocycles. The third-order valence-corrected chi connectivity index (χ3v) is 3.26. The van der Waals surface area contributed by atoms with Crippen molar-refractivity contribution in [1.82, 2.24) is 9.97 Å². The van der Waals surface area contributed by atoms with Gasteiger partial charge in [-0.2, -0.15) is 0 Å². The fraction of sp³-hybridized carbons (Fsp3) is 0.429. The van der Waals surface area contributed by atoms with E-state index in [1.807, 2.05) is 18.2 Å². The van der Waals surface area contributed by atoms with Crippen molar-refractivity contribution in [3.05, 3.63) is 24.0 Å². The van der Waals surface area contributed by atoms with Gasteiger partial charge in [-0.3, -0.25) is 4.79 Å². The van der Waals surface area contributed by atoms with E-state index in [-0.39, 0.29) is 11.8 Å². The van der Waals surface area contributed by atoms with E-state index in [9.17, 15) is 4.79 Å². The molecular weight excluding hydrogens is 226 g/mol. The molecular formula is C14H17N3O. The summed E-state index contributed by atoms with van der Waals surface area (Å²) in [6.45, 7) is 4.21. The maximum absolute atomic E-state index is 11.7. The molecule has 0 bridgehead atoms. The molecule has 0 aliphatic heterocycles. The number of H-pyrrole nitrogens is 1. The highest BCUT2D eigenvalue weighted by atomic mass is 16.2. The number of aromatic nitrogens is 2. The van der Waals surface area contributed by atoms with Gasteiger partial charge in [-0.15, -0.1) is 0 Å². The Hall–Kier alpha value is -1.84. The van der Waals surface area contributed by atoms with Crippen molar-refractivity contribution in [1.29, 1.82) is 0 Å². The molecule has 0 spiro atoms. The van der Waals surface area contributed by atoms with Crippen LogP contribution in [0.4, 0.5) is 5.69 Å². The maximum Gasteiger partial charge on any atom is 0.227 e. The first-order chi connectivity index (χ1) is 8.63. The van der Waals surface area contributed by atoms with Crippen molar-refractivity contribution in [2.45, 2.75) is 32.6 Å². The summed E-state index contributed by atoms with van der Waals surface area (Å²) in [7, 11) is 0. The van der Waals surface area contributed by atoms with Crippen LogP contribution in [0.25, 0.3) is 11.0 Å². The van der Waals surface area contributed by atoms with Crippen LogP contribution in [0.3, 0.4) is 0 Å². The van der Waals surface area contributed by atoms with Gasteiger partial charge >= 0.3 is 0 Å². The second-order valence-electron chi connectivity index (χ2n) is 5.27. The van der Waals surface area contributed by atoms with E-state index in [2.05, 4.69) is 29.1 Å². The minimum Gasteiger partial charge on any atom is -0.342 e. The number of hydrogen-bond donors (Lipinski definition) is 2. The minimum atomic E-state index is 0.137. The second-order valence-corrected chi connectivity index (χ2v) is 5.27. The third kappa shape index (κ3) is 2.10. The van der Waals surface area contributed by atoms with E-state index in [1.165, 1.54) is 0 Å². The Morgan fingerprint density at radius 2 is 2.22 bits per heavy atom. The van der Waals surface area contributed by atoms with Crippen LogP contribution in [0, 0.1) is 5.92 Å². The van der Waals surface area contributed by atoms with Crippen LogP contribution in [-0.2, 0) is 4.79 Å². The SMILES string of the molecule is CC(C)c1nc2ccc(NC(=O)C3CC3)cc2[nH]1. The highest BCUT2D eigenvalue weighted by molar-refractivity contribution is 5.95. The summed E-state index contributed by atoms with van der Waals surface area (Å²) >= 11 is 0. The van der Waals surface area contributed by atoms with Gasteiger partial charge in [-0.05, 0) is 31.0 Å². The molecule has 1 amide bonds. The standard InChI is InChI=1S/C14H17N3O/c1-8(2)13-16-11-6-5-10(7-12(11)17-13)15-14(18)9-3-4-9/h5-9H,3-4H2,1-2H3,(H,15,18)(H,16,17). The minimum absolute atomic E-state index is 0.137. The monoisotopic (exact) mass is 243 g/mol. The van der Waals surface area contributed by atoms with Crippen LogP contribution in [-0.4, -0.2) is 15.9 Å². The predicted octanol–water partition coefficient (Wildman–Crippen LogP) is 3.03. The molecule has 1 aliphatic rings. The normalized spacial score (nSPS) is 15.3. The highest BCUT2D eigenvalue weighted by Crippen LogP contribution is 2.30. The number of nitrogens with one attached hydrogen (secondary N) is 2. The van der Waals surface area contributed by atoms with Gasteiger partial charge in [0, 0.05) is 17.5 Å². The largest absolute Gasteiger partial charge is 0.342 e. The average molecular weight is 243 g/mol. The number of imidazole rings is 1. The van der Waals surface area contributed by atoms with E-state index >= 15 is 0 Å². The Bertz CT molecular complexity index is 596. The van der Waals surface area contributed by atoms with Crippen molar-refractivity contribution in [2.24, 2.45) is 5.92 Å². The Morgan fingerprint density at radius 3 is 2.89 bits per heavy atom. The molecule has 4 heteroatoms. The first-order valence-electron chi connectivity index (χ1n) is 6.44. The number of hydrogen-bond acceptors (Lipinski definition) is 2. The first kappa shape index (κ1) is 11.3. The lowest BCUT2D eigenvalue weighted by Crippen LogP contribution is -2.12. The zero-order valence-electron chi connectivity index (χ0n) is 10.7. The molecule has 1 saturated carbocycles. The molecule has 2 aromatic rings. The Kier molecular flexibility index (Phi) is 2.58. The smallest absolute Gasteiger partial charge is 0.227 e. The van der Waals surface area contributed by atoms with Gasteiger partial charge < -0.3 is 10.3 Å². The lowest BCUT2D eigenvalue weighted by atomic mass is 10.2. The topological polar surface area (TPSA) is 57.8 Å². The zero-order chi connectivity index (χ0) is 12.7. The lowest BCUT2D eigenvalue weighted by molar-refractivity contribution is -0.117. The van der Waals surface area contributed by atoms with E-state index < -0.39 is 0 Å². The molecule has 1 fully saturated rings. The Labute approximate surface area is 106 Å². The van der Waals surface area contributed by atoms with E-state index in [4.69, 9.17) is 0 Å². The molecule has 94 valence electrons. The van der Waals surface area contributed by atoms with Gasteiger partial charge in [0.1, 0.15) is 5.82 Å². The van der Waals surface area contributed by atoms with E-state index in [0.717, 1.165) is 35.4 Å². The summed E-state index contributed by atoms with van der Waals surface area (Å²) in [5.74, 6) is 1.73. The summed E-state index contributed by atoms with van der Waals surface area (Å²) in [5, 5.41) is 2.95. The maximum atomic E-state index is 11.7. The van der Waals surface area contributed by atoms with Crippen LogP contribution in [0.2, 0.25) is 0 Å². The highest BCUT2D eigenvalue weighted by Gasteiger charge is 2.29. The number of benzene rings is 1. The number of carbonyl (C=O) groups excluding carboxylic acids is 1. The number of nitrogens with zero attached hydrogens (tertiary/aromatic N) is 1. The molecule has 1 aromatic carbocycles. The number of rotatable bonds is 3. The van der Waals surface area contributed by atoms with Gasteiger partial charge in [0.05, 0.1) is 11.0 Å². The number of amides is 1. The number of carbonyl (C=O) groups is 1. The van der Waals surface area contributed by atoms with Crippen molar-refractivity contribution in [3.8, 4) is 0 Å². The average Bonchev–Trinajstić information content (AvgIpc) is 3.09. The number of anilines is 1. The summed E-state index contributed by atoms with van der Waals surface area (Å²) in [6, 6.07) is 5.81. The quantitative estimate of drug-likeness (QED) is 0.870. The summed E-state index contributed by atoms with van der Waals surface area (Å²) in [6.07, 6.45) is 2.05. The number of aromatic amines is 1. The molecule has 0 unspecified atom stereocenters. The second kappa shape index (κ2) is 4.12. The Morgan fingerprint density at radius 1 is 1.44 bits per heavy atom. The van der Waals surface area contributed by atoms with Gasteiger partial charge in [0.15, 0.2) is 0 Å². The Balaban J connectivity index is 1.87. The zero-order valence-corrected chi connectivity index (χ0v) is 10.7. The van der Waals surface area contributed by atoms with Gasteiger partial charge in [0.2, 0.25) is 5.91 Å². The fourth-order valence-electron chi connectivity index (χ4n) is 1.97. The summed E-state index contributed by atoms with van der Waals surface area (Å²) < 4.78 is 0. The summed E-state index contributed by atoms with van der Waals surface area (Å²) in [5.41, 5.74) is 2.77. The summed E-state index contributed by atoms with van der Waals surface area (Å²) in [4.78, 5) is 19.5. The molecule has 0 atom stereocenters. The molecule has 3 rings (SSSR count). The lowest BCUT2D eigenvalue weighted by Gasteiger charge is -2.03. The van der Waals surface area contributed by atoms with Gasteiger partial charge in [-0.25, -0.2) is 4.98 Å². The predicted molar refractivity (Wildman–Crippen MR) is 71.5 cm³/mol. The fourth-order valence-corrected chi connectivity index (χ4v) is 1.97.